The number of hydrogen-bond acceptors (Lipinski definition) is 4. The molecule has 1 heterocycles. The smallest absolute Gasteiger partial charge is 0.363 e. The number of carbonyl (C=O) groups is 1. The summed E-state index contributed by atoms with van der Waals surface area (Å²) < 4.78 is 54.5. The van der Waals surface area contributed by atoms with Crippen molar-refractivity contribution in [2.45, 2.75) is 38.4 Å². The van der Waals surface area contributed by atoms with Crippen LogP contribution in [0.25, 0.3) is 0 Å². The number of halogens is 2. The first-order chi connectivity index (χ1) is 11.1. The van der Waals surface area contributed by atoms with Gasteiger partial charge in [-0.2, -0.15) is 13.1 Å². The Hall–Kier alpha value is -1.54. The van der Waals surface area contributed by atoms with Crippen molar-refractivity contribution in [1.29, 1.82) is 0 Å². The van der Waals surface area contributed by atoms with Crippen molar-refractivity contribution in [2.24, 2.45) is 0 Å². The Labute approximate surface area is 141 Å². The summed E-state index contributed by atoms with van der Waals surface area (Å²) in [6, 6.07) is 3.43. The maximum atomic E-state index is 14.6. The number of anilines is 1. The van der Waals surface area contributed by atoms with Crippen LogP contribution in [0.2, 0.25) is 0 Å². The van der Waals surface area contributed by atoms with E-state index < -0.39 is 21.7 Å². The van der Waals surface area contributed by atoms with E-state index in [0.29, 0.717) is 16.7 Å². The van der Waals surface area contributed by atoms with Crippen LogP contribution in [0.1, 0.15) is 29.5 Å². The van der Waals surface area contributed by atoms with Crippen LogP contribution in [-0.4, -0.2) is 43.9 Å². The highest BCUT2D eigenvalue weighted by Gasteiger charge is 2.49. The van der Waals surface area contributed by atoms with Gasteiger partial charge in [-0.1, -0.05) is 0 Å². The van der Waals surface area contributed by atoms with Gasteiger partial charge in [0.05, 0.1) is 6.42 Å². The molecule has 0 radical (unpaired) electrons. The highest BCUT2D eigenvalue weighted by molar-refractivity contribution is 7.90. The van der Waals surface area contributed by atoms with Gasteiger partial charge >= 0.3 is 5.25 Å². The molecule has 1 aliphatic rings. The van der Waals surface area contributed by atoms with E-state index in [1.807, 2.05) is 0 Å². The molecule has 1 fully saturated rings. The molecule has 0 unspecified atom stereocenters. The van der Waals surface area contributed by atoms with E-state index >= 15 is 0 Å². The summed E-state index contributed by atoms with van der Waals surface area (Å²) in [6.45, 7) is 3.03. The first kappa shape index (κ1) is 18.8. The monoisotopic (exact) mass is 360 g/mol. The molecule has 2 rings (SSSR count). The number of ketones is 1. The maximum absolute atomic E-state index is 14.6. The summed E-state index contributed by atoms with van der Waals surface area (Å²) in [5.41, 5.74) is 2.34. The summed E-state index contributed by atoms with van der Waals surface area (Å²) in [6.07, 6.45) is -0.893. The zero-order valence-corrected chi connectivity index (χ0v) is 14.8. The van der Waals surface area contributed by atoms with Crippen molar-refractivity contribution in [3.63, 3.8) is 0 Å². The molecule has 0 aromatic heterocycles. The largest absolute Gasteiger partial charge is 0.388 e. The van der Waals surface area contributed by atoms with Crippen molar-refractivity contribution in [3.8, 4) is 0 Å². The standard InChI is InChI=1S/C16H22F2N2O3S/c1-11-8-13(19-3)9-12(2)15(11)10-16(17,18)24(22,23)20-6-4-14(21)5-7-20/h8-9,19H,4-7,10H2,1-3H3. The van der Waals surface area contributed by atoms with E-state index in [9.17, 15) is 22.0 Å². The van der Waals surface area contributed by atoms with E-state index in [4.69, 9.17) is 0 Å². The van der Waals surface area contributed by atoms with E-state index in [1.165, 1.54) is 0 Å². The van der Waals surface area contributed by atoms with Gasteiger partial charge in [-0.25, -0.2) is 8.42 Å². The van der Waals surface area contributed by atoms with Gasteiger partial charge in [-0.15, -0.1) is 0 Å². The van der Waals surface area contributed by atoms with Gasteiger partial charge in [0.25, 0.3) is 10.0 Å². The topological polar surface area (TPSA) is 66.5 Å². The second-order valence-electron chi connectivity index (χ2n) is 6.10. The summed E-state index contributed by atoms with van der Waals surface area (Å²) in [5.74, 6) is -0.0980. The van der Waals surface area contributed by atoms with Gasteiger partial charge in [0, 0.05) is 38.7 Å². The molecule has 1 N–H and O–H groups in total. The van der Waals surface area contributed by atoms with Gasteiger partial charge in [0.2, 0.25) is 0 Å². The third-order valence-corrected chi connectivity index (χ3v) is 6.31. The number of nitrogens with one attached hydrogen (secondary N) is 1. The molecule has 0 bridgehead atoms. The molecular weight excluding hydrogens is 338 g/mol. The molecule has 24 heavy (non-hydrogen) atoms. The lowest BCUT2D eigenvalue weighted by atomic mass is 9.99. The zero-order chi connectivity index (χ0) is 18.1. The third-order valence-electron chi connectivity index (χ3n) is 4.36. The summed E-state index contributed by atoms with van der Waals surface area (Å²) in [5, 5.41) is -0.974. The Balaban J connectivity index is 2.29. The third kappa shape index (κ3) is 3.59. The fraction of sp³-hybridized carbons (Fsp3) is 0.562. The molecule has 0 amide bonds. The molecule has 1 saturated heterocycles. The average Bonchev–Trinajstić information content (AvgIpc) is 2.51. The molecule has 0 saturated carbocycles. The predicted octanol–water partition coefficient (Wildman–Crippen LogP) is 2.48. The van der Waals surface area contributed by atoms with E-state index in [-0.39, 0.29) is 31.7 Å². The number of nitrogens with zero attached hydrogens (tertiary/aromatic N) is 1. The number of piperidine rings is 1. The first-order valence-corrected chi connectivity index (χ1v) is 9.19. The van der Waals surface area contributed by atoms with Crippen LogP contribution >= 0.6 is 0 Å². The van der Waals surface area contributed by atoms with Gasteiger partial charge in [-0.3, -0.25) is 4.79 Å². The Kier molecular flexibility index (Phi) is 5.29. The minimum Gasteiger partial charge on any atom is -0.388 e. The number of rotatable bonds is 5. The van der Waals surface area contributed by atoms with Gasteiger partial charge in [-0.05, 0) is 42.7 Å². The molecule has 0 atom stereocenters. The lowest BCUT2D eigenvalue weighted by Crippen LogP contribution is -2.47. The Morgan fingerprint density at radius 1 is 1.17 bits per heavy atom. The fourth-order valence-electron chi connectivity index (χ4n) is 2.88. The molecule has 0 aliphatic carbocycles. The van der Waals surface area contributed by atoms with Crippen LogP contribution in [0.3, 0.4) is 0 Å². The van der Waals surface area contributed by atoms with Crippen LogP contribution in [0.5, 0.6) is 0 Å². The molecule has 5 nitrogen and oxygen atoms in total. The van der Waals surface area contributed by atoms with Crippen molar-refractivity contribution in [1.82, 2.24) is 4.31 Å². The molecule has 1 aromatic rings. The van der Waals surface area contributed by atoms with E-state index in [0.717, 1.165) is 9.99 Å². The zero-order valence-electron chi connectivity index (χ0n) is 14.0. The van der Waals surface area contributed by atoms with Crippen molar-refractivity contribution in [2.75, 3.05) is 25.5 Å². The number of sulfonamides is 1. The number of Topliss-reactive ketones (excluding diaryl/α,β-unsaturated/α-hetero) is 1. The molecule has 8 heteroatoms. The van der Waals surface area contributed by atoms with Gasteiger partial charge in [0.15, 0.2) is 0 Å². The highest BCUT2D eigenvalue weighted by Crippen LogP contribution is 2.33. The Morgan fingerprint density at radius 2 is 1.67 bits per heavy atom. The summed E-state index contributed by atoms with van der Waals surface area (Å²) in [4.78, 5) is 11.2. The Bertz CT molecular complexity index is 715. The minimum absolute atomic E-state index is 0.00969. The predicted molar refractivity (Wildman–Crippen MR) is 88.8 cm³/mol. The van der Waals surface area contributed by atoms with Crippen LogP contribution in [0.15, 0.2) is 12.1 Å². The maximum Gasteiger partial charge on any atom is 0.363 e. The van der Waals surface area contributed by atoms with Gasteiger partial charge in [0.1, 0.15) is 5.78 Å². The SMILES string of the molecule is CNc1cc(C)c(CC(F)(F)S(=O)(=O)N2CCC(=O)CC2)c(C)c1. The number of benzene rings is 1. The van der Waals surface area contributed by atoms with Crippen molar-refractivity contribution < 1.29 is 22.0 Å². The molecule has 1 aliphatic heterocycles. The Morgan fingerprint density at radius 3 is 2.12 bits per heavy atom. The van der Waals surface area contributed by atoms with Crippen molar-refractivity contribution >= 4 is 21.5 Å². The second kappa shape index (κ2) is 6.76. The second-order valence-corrected chi connectivity index (χ2v) is 8.16. The lowest BCUT2D eigenvalue weighted by molar-refractivity contribution is -0.120. The highest BCUT2D eigenvalue weighted by atomic mass is 32.2. The number of aryl methyl sites for hydroxylation is 2. The van der Waals surface area contributed by atoms with Crippen LogP contribution in [0.4, 0.5) is 14.5 Å². The van der Waals surface area contributed by atoms with E-state index in [1.54, 1.807) is 33.0 Å². The lowest BCUT2D eigenvalue weighted by Gasteiger charge is -2.30. The molecule has 0 spiro atoms. The van der Waals surface area contributed by atoms with E-state index in [2.05, 4.69) is 5.32 Å². The van der Waals surface area contributed by atoms with Crippen LogP contribution < -0.4 is 5.32 Å². The quantitative estimate of drug-likeness (QED) is 0.876. The number of hydrogen-bond donors (Lipinski definition) is 1. The van der Waals surface area contributed by atoms with Crippen LogP contribution in [-0.2, 0) is 21.2 Å². The molecule has 1 aromatic carbocycles. The minimum atomic E-state index is -4.80. The molecule has 134 valence electrons. The number of carbonyl (C=O) groups excluding carboxylic acids is 1. The normalized spacial score (nSPS) is 17.1. The summed E-state index contributed by atoms with van der Waals surface area (Å²) in [7, 11) is -3.07. The fourth-order valence-corrected chi connectivity index (χ4v) is 4.25. The van der Waals surface area contributed by atoms with Crippen LogP contribution in [0, 0.1) is 13.8 Å². The molecular formula is C16H22F2N2O3S. The first-order valence-electron chi connectivity index (χ1n) is 7.75. The van der Waals surface area contributed by atoms with Crippen molar-refractivity contribution in [3.05, 3.63) is 28.8 Å². The average molecular weight is 360 g/mol. The van der Waals surface area contributed by atoms with Gasteiger partial charge < -0.3 is 5.32 Å². The number of alkyl halides is 2. The summed E-state index contributed by atoms with van der Waals surface area (Å²) >= 11 is 0.